The summed E-state index contributed by atoms with van der Waals surface area (Å²) in [6, 6.07) is 0. The molecule has 2 aliphatic rings. The molecule has 180 valence electrons. The quantitative estimate of drug-likeness (QED) is 0.642. The lowest BCUT2D eigenvalue weighted by Gasteiger charge is -2.53. The molecule has 2 aromatic rings. The number of hydrogen-bond donors (Lipinski definition) is 1. The summed E-state index contributed by atoms with van der Waals surface area (Å²) in [4.78, 5) is 25.5. The lowest BCUT2D eigenvalue weighted by molar-refractivity contribution is -0.123. The molecule has 2 aliphatic heterocycles. The smallest absolute Gasteiger partial charge is 0.350 e. The summed E-state index contributed by atoms with van der Waals surface area (Å²) in [5.74, 6) is 0.826. The molecule has 33 heavy (non-hydrogen) atoms. The zero-order valence-corrected chi connectivity index (χ0v) is 22.0. The van der Waals surface area contributed by atoms with Gasteiger partial charge in [0.2, 0.25) is 5.91 Å². The maximum Gasteiger partial charge on any atom is 0.350 e. The number of ether oxygens (including phenoxy) is 1. The number of hydrogen-bond acceptors (Lipinski definition) is 7. The summed E-state index contributed by atoms with van der Waals surface area (Å²) >= 11 is 0. The van der Waals surface area contributed by atoms with Crippen LogP contribution < -0.4 is 5.32 Å². The molecule has 4 heterocycles. The predicted molar refractivity (Wildman–Crippen MR) is 129 cm³/mol. The Kier molecular flexibility index (Phi) is 5.50. The van der Waals surface area contributed by atoms with Gasteiger partial charge in [-0.05, 0) is 0 Å². The van der Waals surface area contributed by atoms with Crippen molar-refractivity contribution in [3.05, 3.63) is 18.7 Å². The summed E-state index contributed by atoms with van der Waals surface area (Å²) in [6.45, 7) is 19.2. The molecular formula is C23H35N5O4Si. The molecule has 1 amide bonds. The number of aromatic nitrogens is 4. The second-order valence-electron chi connectivity index (χ2n) is 11.9. The van der Waals surface area contributed by atoms with Crippen molar-refractivity contribution < 1.29 is 18.4 Å². The standard InChI is InChI=1S/C23H35N5O4Si/c1-21(2,3)20(29)27-18-17-19(25-12-24-18)28(13-26-17)16-10-14-15(31-16)11-30-33(32-14,22(4,5)6)23(7,8)9/h10,12-15H,11H2,1-9H3,(H,24,25,27,29)/t14-,15+/m0/s1. The van der Waals surface area contributed by atoms with Crippen molar-refractivity contribution >= 4 is 37.3 Å². The highest BCUT2D eigenvalue weighted by molar-refractivity contribution is 6.73. The maximum absolute atomic E-state index is 12.5. The van der Waals surface area contributed by atoms with Crippen LogP contribution in [0.25, 0.3) is 17.0 Å². The first kappa shape index (κ1) is 23.8. The minimum atomic E-state index is -2.61. The van der Waals surface area contributed by atoms with Crippen LogP contribution in [0.1, 0.15) is 62.3 Å². The van der Waals surface area contributed by atoms with E-state index in [0.29, 0.717) is 29.5 Å². The van der Waals surface area contributed by atoms with E-state index in [1.807, 2.05) is 26.8 Å². The van der Waals surface area contributed by atoms with Gasteiger partial charge in [-0.1, -0.05) is 62.3 Å². The van der Waals surface area contributed by atoms with E-state index in [2.05, 4.69) is 61.8 Å². The molecule has 0 bridgehead atoms. The van der Waals surface area contributed by atoms with Crippen molar-refractivity contribution in [1.29, 1.82) is 0 Å². The van der Waals surface area contributed by atoms with Crippen molar-refractivity contribution in [2.75, 3.05) is 11.9 Å². The van der Waals surface area contributed by atoms with Gasteiger partial charge in [-0.25, -0.2) is 15.0 Å². The molecule has 0 aliphatic carbocycles. The molecular weight excluding hydrogens is 438 g/mol. The average Bonchev–Trinajstić information content (AvgIpc) is 3.28. The van der Waals surface area contributed by atoms with Crippen LogP contribution in [0.2, 0.25) is 10.1 Å². The number of nitrogens with one attached hydrogen (secondary N) is 1. The van der Waals surface area contributed by atoms with E-state index >= 15 is 0 Å². The van der Waals surface area contributed by atoms with Gasteiger partial charge < -0.3 is 18.9 Å². The molecule has 0 unspecified atom stereocenters. The topological polar surface area (TPSA) is 100 Å². The highest BCUT2D eigenvalue weighted by Gasteiger charge is 2.62. The molecule has 0 spiro atoms. The number of carbonyl (C=O) groups excluding carboxylic acids is 1. The molecule has 9 nitrogen and oxygen atoms in total. The molecule has 0 aromatic carbocycles. The molecule has 1 fully saturated rings. The van der Waals surface area contributed by atoms with Gasteiger partial charge >= 0.3 is 8.56 Å². The molecule has 10 heteroatoms. The third-order valence-electron chi connectivity index (χ3n) is 6.16. The van der Waals surface area contributed by atoms with Crippen LogP contribution in [-0.2, 0) is 18.4 Å². The van der Waals surface area contributed by atoms with Gasteiger partial charge in [0.15, 0.2) is 29.0 Å². The van der Waals surface area contributed by atoms with Gasteiger partial charge in [-0.2, -0.15) is 0 Å². The monoisotopic (exact) mass is 473 g/mol. The van der Waals surface area contributed by atoms with Crippen molar-refractivity contribution in [3.8, 4) is 0 Å². The number of carbonyl (C=O) groups is 1. The normalized spacial score (nSPS) is 23.1. The summed E-state index contributed by atoms with van der Waals surface area (Å²) < 4.78 is 21.3. The van der Waals surface area contributed by atoms with Gasteiger partial charge in [0.25, 0.3) is 0 Å². The van der Waals surface area contributed by atoms with E-state index in [4.69, 9.17) is 13.6 Å². The maximum atomic E-state index is 12.5. The van der Waals surface area contributed by atoms with Crippen LogP contribution >= 0.6 is 0 Å². The number of anilines is 1. The van der Waals surface area contributed by atoms with Crippen LogP contribution in [0.5, 0.6) is 0 Å². The van der Waals surface area contributed by atoms with Crippen molar-refractivity contribution in [2.45, 2.75) is 84.6 Å². The van der Waals surface area contributed by atoms with Crippen LogP contribution in [0, 0.1) is 5.41 Å². The summed E-state index contributed by atoms with van der Waals surface area (Å²) in [5.41, 5.74) is 0.496. The van der Waals surface area contributed by atoms with Crippen LogP contribution in [0.4, 0.5) is 5.82 Å². The Balaban J connectivity index is 1.66. The van der Waals surface area contributed by atoms with Gasteiger partial charge in [0, 0.05) is 21.6 Å². The third kappa shape index (κ3) is 3.98. The molecule has 1 N–H and O–H groups in total. The zero-order chi connectivity index (χ0) is 24.4. The Labute approximate surface area is 196 Å². The second-order valence-corrected chi connectivity index (χ2v) is 16.6. The number of amides is 1. The summed E-state index contributed by atoms with van der Waals surface area (Å²) in [5, 5.41) is 2.64. The van der Waals surface area contributed by atoms with E-state index < -0.39 is 14.0 Å². The lowest BCUT2D eigenvalue weighted by atomic mass is 9.96. The first-order chi connectivity index (χ1) is 15.1. The Morgan fingerprint density at radius 1 is 1.06 bits per heavy atom. The predicted octanol–water partition coefficient (Wildman–Crippen LogP) is 4.47. The van der Waals surface area contributed by atoms with E-state index in [1.54, 1.807) is 10.9 Å². The Morgan fingerprint density at radius 2 is 1.73 bits per heavy atom. The fourth-order valence-electron chi connectivity index (χ4n) is 4.60. The summed E-state index contributed by atoms with van der Waals surface area (Å²) in [6.07, 6.45) is 4.60. The van der Waals surface area contributed by atoms with E-state index in [1.165, 1.54) is 6.33 Å². The van der Waals surface area contributed by atoms with Crippen LogP contribution in [0.15, 0.2) is 18.7 Å². The Hall–Kier alpha value is -2.30. The molecule has 1 saturated heterocycles. The molecule has 0 saturated carbocycles. The first-order valence-electron chi connectivity index (χ1n) is 11.3. The zero-order valence-electron chi connectivity index (χ0n) is 21.0. The van der Waals surface area contributed by atoms with Crippen LogP contribution in [0.3, 0.4) is 0 Å². The van der Waals surface area contributed by atoms with Gasteiger partial charge in [-0.3, -0.25) is 9.36 Å². The number of fused-ring (bicyclic) bond motifs is 2. The fourth-order valence-corrected chi connectivity index (χ4v) is 9.50. The van der Waals surface area contributed by atoms with Crippen molar-refractivity contribution in [2.24, 2.45) is 5.41 Å². The van der Waals surface area contributed by atoms with Crippen molar-refractivity contribution in [1.82, 2.24) is 19.5 Å². The number of rotatable bonds is 2. The fraction of sp³-hybridized carbons (Fsp3) is 0.652. The van der Waals surface area contributed by atoms with Gasteiger partial charge in [-0.15, -0.1) is 0 Å². The molecule has 2 aromatic heterocycles. The molecule has 4 rings (SSSR count). The average molecular weight is 474 g/mol. The summed E-state index contributed by atoms with van der Waals surface area (Å²) in [7, 11) is -2.61. The minimum Gasteiger partial charge on any atom is -0.470 e. The number of nitrogens with zero attached hydrogens (tertiary/aromatic N) is 4. The van der Waals surface area contributed by atoms with E-state index in [0.717, 1.165) is 0 Å². The number of imidazole rings is 1. The van der Waals surface area contributed by atoms with Crippen LogP contribution in [-0.4, -0.2) is 52.8 Å². The largest absolute Gasteiger partial charge is 0.470 e. The lowest BCUT2D eigenvalue weighted by Crippen LogP contribution is -2.64. The molecule has 2 atom stereocenters. The second kappa shape index (κ2) is 7.61. The van der Waals surface area contributed by atoms with Gasteiger partial charge in [0.1, 0.15) is 18.8 Å². The SMILES string of the molecule is CC(C)(C)C(=O)Nc1ncnc2c1ncn2C1=C[C@@H]2O[Si](C(C)(C)C)(C(C)(C)C)OC[C@H]2O1. The molecule has 0 radical (unpaired) electrons. The third-order valence-corrected chi connectivity index (χ3v) is 11.3. The first-order valence-corrected chi connectivity index (χ1v) is 13.2. The van der Waals surface area contributed by atoms with E-state index in [9.17, 15) is 4.79 Å². The van der Waals surface area contributed by atoms with E-state index in [-0.39, 0.29) is 28.2 Å². The minimum absolute atomic E-state index is 0.109. The van der Waals surface area contributed by atoms with Gasteiger partial charge in [0.05, 0.1) is 6.61 Å². The highest BCUT2D eigenvalue weighted by Crippen LogP contribution is 2.55. The Bertz CT molecular complexity index is 1090. The highest BCUT2D eigenvalue weighted by atomic mass is 28.4. The van der Waals surface area contributed by atoms with Crippen molar-refractivity contribution in [3.63, 3.8) is 0 Å². The Morgan fingerprint density at radius 3 is 2.33 bits per heavy atom.